The van der Waals surface area contributed by atoms with Crippen LogP contribution in [-0.2, 0) is 4.79 Å². The summed E-state index contributed by atoms with van der Waals surface area (Å²) >= 11 is 6.14. The van der Waals surface area contributed by atoms with Crippen LogP contribution < -0.4 is 14.8 Å². The van der Waals surface area contributed by atoms with E-state index in [4.69, 9.17) is 21.1 Å². The fourth-order valence-electron chi connectivity index (χ4n) is 2.31. The lowest BCUT2D eigenvalue weighted by atomic mass is 10.1. The number of aryl methyl sites for hydroxylation is 1. The van der Waals surface area contributed by atoms with Crippen molar-refractivity contribution in [2.24, 2.45) is 0 Å². The van der Waals surface area contributed by atoms with Gasteiger partial charge in [0.1, 0.15) is 19.0 Å². The molecule has 0 unspecified atom stereocenters. The number of carbonyl (C=O) groups is 1. The molecular formula is C18H15ClFNO3. The van der Waals surface area contributed by atoms with Crippen LogP contribution in [0.4, 0.5) is 10.1 Å². The summed E-state index contributed by atoms with van der Waals surface area (Å²) in [6.45, 7) is 2.72. The summed E-state index contributed by atoms with van der Waals surface area (Å²) in [4.78, 5) is 12.0. The van der Waals surface area contributed by atoms with Gasteiger partial charge in [0.2, 0.25) is 5.91 Å². The van der Waals surface area contributed by atoms with Crippen LogP contribution in [0.25, 0.3) is 6.08 Å². The van der Waals surface area contributed by atoms with Gasteiger partial charge in [-0.05, 0) is 48.4 Å². The first-order valence-corrected chi connectivity index (χ1v) is 7.75. The smallest absolute Gasteiger partial charge is 0.248 e. The zero-order chi connectivity index (χ0) is 17.1. The van der Waals surface area contributed by atoms with Crippen molar-refractivity contribution in [3.05, 3.63) is 58.4 Å². The van der Waals surface area contributed by atoms with Crippen LogP contribution in [0.15, 0.2) is 36.4 Å². The van der Waals surface area contributed by atoms with Crippen LogP contribution in [0, 0.1) is 12.7 Å². The zero-order valence-corrected chi connectivity index (χ0v) is 13.7. The van der Waals surface area contributed by atoms with Crippen molar-refractivity contribution in [3.63, 3.8) is 0 Å². The molecule has 1 amide bonds. The monoisotopic (exact) mass is 347 g/mol. The fraction of sp³-hybridized carbons (Fsp3) is 0.167. The molecule has 0 aromatic heterocycles. The minimum atomic E-state index is -0.482. The summed E-state index contributed by atoms with van der Waals surface area (Å²) in [5.41, 5.74) is 1.68. The Kier molecular flexibility index (Phi) is 4.71. The van der Waals surface area contributed by atoms with Gasteiger partial charge in [0.25, 0.3) is 0 Å². The van der Waals surface area contributed by atoms with Gasteiger partial charge in [0.15, 0.2) is 11.5 Å². The Morgan fingerprint density at radius 2 is 2.04 bits per heavy atom. The van der Waals surface area contributed by atoms with E-state index in [0.717, 1.165) is 5.56 Å². The van der Waals surface area contributed by atoms with E-state index in [9.17, 15) is 9.18 Å². The molecule has 0 aliphatic carbocycles. The summed E-state index contributed by atoms with van der Waals surface area (Å²) < 4.78 is 24.6. The van der Waals surface area contributed by atoms with Crippen molar-refractivity contribution in [2.45, 2.75) is 6.92 Å². The molecule has 1 aliphatic rings. The number of hydrogen-bond donors (Lipinski definition) is 1. The Labute approximate surface area is 143 Å². The van der Waals surface area contributed by atoms with Crippen molar-refractivity contribution >= 4 is 29.3 Å². The molecule has 0 saturated heterocycles. The second-order valence-corrected chi connectivity index (χ2v) is 5.74. The van der Waals surface area contributed by atoms with E-state index >= 15 is 0 Å². The van der Waals surface area contributed by atoms with Gasteiger partial charge >= 0.3 is 0 Å². The third-order valence-electron chi connectivity index (χ3n) is 3.43. The quantitative estimate of drug-likeness (QED) is 0.846. The normalized spacial score (nSPS) is 13.1. The summed E-state index contributed by atoms with van der Waals surface area (Å²) in [5, 5.41) is 2.92. The van der Waals surface area contributed by atoms with Gasteiger partial charge in [-0.2, -0.15) is 0 Å². The third-order valence-corrected chi connectivity index (χ3v) is 3.71. The highest BCUT2D eigenvalue weighted by Crippen LogP contribution is 2.38. The molecule has 1 N–H and O–H groups in total. The van der Waals surface area contributed by atoms with Gasteiger partial charge in [0, 0.05) is 6.08 Å². The molecule has 124 valence electrons. The number of halogens is 2. The van der Waals surface area contributed by atoms with Crippen LogP contribution in [0.3, 0.4) is 0 Å². The number of rotatable bonds is 3. The second-order valence-electron chi connectivity index (χ2n) is 5.33. The molecular weight excluding hydrogens is 333 g/mol. The predicted octanol–water partition coefficient (Wildman–Crippen LogP) is 4.21. The highest BCUT2D eigenvalue weighted by Gasteiger charge is 2.16. The van der Waals surface area contributed by atoms with E-state index in [1.54, 1.807) is 30.3 Å². The Bertz CT molecular complexity index is 820. The SMILES string of the molecule is Cc1ccc(F)c(NC(=O)/C=C/c2cc(Cl)c3c(c2)OCCO3)c1. The van der Waals surface area contributed by atoms with Crippen molar-refractivity contribution in [1.29, 1.82) is 0 Å². The number of anilines is 1. The number of hydrogen-bond acceptors (Lipinski definition) is 3. The lowest BCUT2D eigenvalue weighted by molar-refractivity contribution is -0.111. The first kappa shape index (κ1) is 16.3. The first-order valence-electron chi connectivity index (χ1n) is 7.37. The van der Waals surface area contributed by atoms with E-state index in [1.807, 2.05) is 6.92 Å². The van der Waals surface area contributed by atoms with E-state index in [1.165, 1.54) is 12.1 Å². The maximum absolute atomic E-state index is 13.6. The first-order chi connectivity index (χ1) is 11.5. The second kappa shape index (κ2) is 6.93. The maximum atomic E-state index is 13.6. The number of fused-ring (bicyclic) bond motifs is 1. The molecule has 2 aromatic carbocycles. The van der Waals surface area contributed by atoms with Gasteiger partial charge in [-0.3, -0.25) is 4.79 Å². The van der Waals surface area contributed by atoms with E-state index < -0.39 is 11.7 Å². The van der Waals surface area contributed by atoms with Crippen molar-refractivity contribution in [1.82, 2.24) is 0 Å². The van der Waals surface area contributed by atoms with Crippen LogP contribution in [0.1, 0.15) is 11.1 Å². The zero-order valence-electron chi connectivity index (χ0n) is 12.9. The maximum Gasteiger partial charge on any atom is 0.248 e. The van der Waals surface area contributed by atoms with Crippen molar-refractivity contribution in [2.75, 3.05) is 18.5 Å². The molecule has 0 radical (unpaired) electrons. The summed E-state index contributed by atoms with van der Waals surface area (Å²) in [6.07, 6.45) is 2.89. The minimum absolute atomic E-state index is 0.143. The molecule has 2 aromatic rings. The Hall–Kier alpha value is -2.53. The van der Waals surface area contributed by atoms with Gasteiger partial charge in [-0.15, -0.1) is 0 Å². The average molecular weight is 348 g/mol. The average Bonchev–Trinajstić information content (AvgIpc) is 2.56. The molecule has 0 saturated carbocycles. The molecule has 0 bridgehead atoms. The van der Waals surface area contributed by atoms with Gasteiger partial charge < -0.3 is 14.8 Å². The lowest BCUT2D eigenvalue weighted by Gasteiger charge is -2.19. The standard InChI is InChI=1S/C18H15ClFNO3/c1-11-2-4-14(20)15(8-11)21-17(22)5-3-12-9-13(19)18-16(10-12)23-6-7-24-18/h2-5,8-10H,6-7H2,1H3,(H,21,22)/b5-3+. The number of ether oxygens (including phenoxy) is 2. The molecule has 0 spiro atoms. The molecule has 1 heterocycles. The van der Waals surface area contributed by atoms with E-state index in [2.05, 4.69) is 5.32 Å². The van der Waals surface area contributed by atoms with Crippen LogP contribution in [-0.4, -0.2) is 19.1 Å². The summed E-state index contributed by atoms with van der Waals surface area (Å²) in [5.74, 6) is 0.125. The van der Waals surface area contributed by atoms with Crippen molar-refractivity contribution < 1.29 is 18.7 Å². The van der Waals surface area contributed by atoms with Gasteiger partial charge in [-0.1, -0.05) is 17.7 Å². The molecule has 0 atom stereocenters. The van der Waals surface area contributed by atoms with E-state index in [-0.39, 0.29) is 5.69 Å². The Morgan fingerprint density at radius 3 is 2.88 bits per heavy atom. The Morgan fingerprint density at radius 1 is 1.25 bits per heavy atom. The summed E-state index contributed by atoms with van der Waals surface area (Å²) in [6, 6.07) is 7.93. The third kappa shape index (κ3) is 3.68. The lowest BCUT2D eigenvalue weighted by Crippen LogP contribution is -2.15. The molecule has 4 nitrogen and oxygen atoms in total. The van der Waals surface area contributed by atoms with E-state index in [0.29, 0.717) is 35.3 Å². The van der Waals surface area contributed by atoms with Gasteiger partial charge in [0.05, 0.1) is 10.7 Å². The van der Waals surface area contributed by atoms with Crippen LogP contribution >= 0.6 is 11.6 Å². The predicted molar refractivity (Wildman–Crippen MR) is 91.2 cm³/mol. The highest BCUT2D eigenvalue weighted by atomic mass is 35.5. The van der Waals surface area contributed by atoms with Crippen molar-refractivity contribution in [3.8, 4) is 11.5 Å². The molecule has 1 aliphatic heterocycles. The number of nitrogens with one attached hydrogen (secondary N) is 1. The largest absolute Gasteiger partial charge is 0.486 e. The minimum Gasteiger partial charge on any atom is -0.486 e. The molecule has 0 fully saturated rings. The number of amides is 1. The fourth-order valence-corrected chi connectivity index (χ4v) is 2.58. The topological polar surface area (TPSA) is 47.6 Å². The highest BCUT2D eigenvalue weighted by molar-refractivity contribution is 6.32. The Balaban J connectivity index is 1.74. The molecule has 3 rings (SSSR count). The number of carbonyl (C=O) groups excluding carboxylic acids is 1. The molecule has 24 heavy (non-hydrogen) atoms. The number of benzene rings is 2. The van der Waals surface area contributed by atoms with Crippen LogP contribution in [0.5, 0.6) is 11.5 Å². The molecule has 6 heteroatoms. The van der Waals surface area contributed by atoms with Gasteiger partial charge in [-0.25, -0.2) is 4.39 Å². The van der Waals surface area contributed by atoms with Crippen LogP contribution in [0.2, 0.25) is 5.02 Å². The summed E-state index contributed by atoms with van der Waals surface area (Å²) in [7, 11) is 0.